The number of anilines is 4. The average Bonchev–Trinajstić information content (AvgIpc) is 2.59. The van der Waals surface area contributed by atoms with Crippen molar-refractivity contribution >= 4 is 29.4 Å². The van der Waals surface area contributed by atoms with Gasteiger partial charge in [0.2, 0.25) is 5.95 Å². The molecule has 0 unspecified atom stereocenters. The first-order valence-electron chi connectivity index (χ1n) is 8.86. The zero-order chi connectivity index (χ0) is 19.9. The Bertz CT molecular complexity index is 756. The molecule has 0 spiro atoms. The van der Waals surface area contributed by atoms with Gasteiger partial charge in [-0.3, -0.25) is 0 Å². The van der Waals surface area contributed by atoms with Crippen LogP contribution in [0.2, 0.25) is 0 Å². The topological polar surface area (TPSA) is 100 Å². The fraction of sp³-hybridized carbons (Fsp3) is 0.421. The third kappa shape index (κ3) is 7.39. The number of alkyl carbamates (subject to hydrolysis) is 1. The van der Waals surface area contributed by atoms with Gasteiger partial charge in [0.05, 0.1) is 0 Å². The van der Waals surface area contributed by atoms with Crippen molar-refractivity contribution in [2.45, 2.75) is 33.3 Å². The molecule has 0 bridgehead atoms. The Balaban J connectivity index is 1.92. The highest BCUT2D eigenvalue weighted by Gasteiger charge is 2.15. The maximum absolute atomic E-state index is 11.6. The highest BCUT2D eigenvalue weighted by atomic mass is 16.6. The summed E-state index contributed by atoms with van der Waals surface area (Å²) in [6.07, 6.45) is -0.448. The van der Waals surface area contributed by atoms with Crippen molar-refractivity contribution in [3.63, 3.8) is 0 Å². The molecule has 146 valence electrons. The molecule has 0 atom stereocenters. The van der Waals surface area contributed by atoms with Crippen molar-refractivity contribution in [3.8, 4) is 0 Å². The molecule has 2 aromatic rings. The summed E-state index contributed by atoms with van der Waals surface area (Å²) in [5, 5.41) is 12.1. The van der Waals surface area contributed by atoms with E-state index in [0.717, 1.165) is 5.69 Å². The lowest BCUT2D eigenvalue weighted by atomic mass is 10.2. The second-order valence-corrected chi connectivity index (χ2v) is 7.06. The van der Waals surface area contributed by atoms with Gasteiger partial charge in [0.1, 0.15) is 17.2 Å². The molecule has 0 fully saturated rings. The summed E-state index contributed by atoms with van der Waals surface area (Å²) in [6.45, 7) is 8.37. The lowest BCUT2D eigenvalue weighted by molar-refractivity contribution is 0.0530. The molecular formula is C19H28N6O2. The SMILES string of the molecule is CNc1cc(Nc2ccc(C)cc2)nc(NCCNC(=O)OC(C)(C)C)n1. The Morgan fingerprint density at radius 1 is 1.07 bits per heavy atom. The first-order valence-corrected chi connectivity index (χ1v) is 8.86. The van der Waals surface area contributed by atoms with Crippen LogP contribution >= 0.6 is 0 Å². The quantitative estimate of drug-likeness (QED) is 0.552. The van der Waals surface area contributed by atoms with Crippen LogP contribution in [0.1, 0.15) is 26.3 Å². The van der Waals surface area contributed by atoms with Gasteiger partial charge in [-0.25, -0.2) is 4.79 Å². The normalized spacial score (nSPS) is 10.9. The Hall–Kier alpha value is -3.03. The molecule has 8 heteroatoms. The number of nitrogens with zero attached hydrogens (tertiary/aromatic N) is 2. The molecule has 8 nitrogen and oxygen atoms in total. The summed E-state index contributed by atoms with van der Waals surface area (Å²) in [6, 6.07) is 9.88. The van der Waals surface area contributed by atoms with Gasteiger partial charge < -0.3 is 26.0 Å². The number of hydrogen-bond acceptors (Lipinski definition) is 7. The maximum Gasteiger partial charge on any atom is 0.407 e. The number of nitrogens with one attached hydrogen (secondary N) is 4. The van der Waals surface area contributed by atoms with Gasteiger partial charge in [-0.2, -0.15) is 9.97 Å². The van der Waals surface area contributed by atoms with E-state index in [0.29, 0.717) is 30.7 Å². The predicted octanol–water partition coefficient (Wildman–Crippen LogP) is 3.51. The Morgan fingerprint density at radius 2 is 1.74 bits per heavy atom. The summed E-state index contributed by atoms with van der Waals surface area (Å²) in [5.74, 6) is 1.81. The smallest absolute Gasteiger partial charge is 0.407 e. The van der Waals surface area contributed by atoms with Gasteiger partial charge in [-0.1, -0.05) is 17.7 Å². The molecule has 2 rings (SSSR count). The highest BCUT2D eigenvalue weighted by molar-refractivity contribution is 5.67. The van der Waals surface area contributed by atoms with Crippen LogP contribution in [-0.4, -0.2) is 41.8 Å². The molecule has 0 aliphatic heterocycles. The van der Waals surface area contributed by atoms with Crippen LogP contribution in [0.15, 0.2) is 30.3 Å². The van der Waals surface area contributed by atoms with E-state index in [2.05, 4.69) is 31.2 Å². The van der Waals surface area contributed by atoms with E-state index >= 15 is 0 Å². The molecule has 1 amide bonds. The number of carbonyl (C=O) groups is 1. The van der Waals surface area contributed by atoms with Crippen LogP contribution in [0, 0.1) is 6.92 Å². The number of carbonyl (C=O) groups excluding carboxylic acids is 1. The maximum atomic E-state index is 11.6. The minimum atomic E-state index is -0.516. The van der Waals surface area contributed by atoms with Crippen LogP contribution in [0.4, 0.5) is 28.1 Å². The summed E-state index contributed by atoms with van der Waals surface area (Å²) in [5.41, 5.74) is 1.62. The van der Waals surface area contributed by atoms with E-state index in [1.54, 1.807) is 7.05 Å². The molecule has 1 aromatic carbocycles. The van der Waals surface area contributed by atoms with Crippen LogP contribution in [0.25, 0.3) is 0 Å². The van der Waals surface area contributed by atoms with Crippen molar-refractivity contribution in [1.82, 2.24) is 15.3 Å². The lowest BCUT2D eigenvalue weighted by Crippen LogP contribution is -2.35. The van der Waals surface area contributed by atoms with E-state index in [1.807, 2.05) is 58.0 Å². The average molecular weight is 372 g/mol. The predicted molar refractivity (Wildman–Crippen MR) is 109 cm³/mol. The van der Waals surface area contributed by atoms with E-state index in [-0.39, 0.29) is 0 Å². The van der Waals surface area contributed by atoms with Gasteiger partial charge >= 0.3 is 6.09 Å². The third-order valence-corrected chi connectivity index (χ3v) is 3.38. The standard InChI is InChI=1S/C19H28N6O2/c1-13-6-8-14(9-7-13)23-16-12-15(20-5)24-17(25-16)21-10-11-22-18(26)27-19(2,3)4/h6-9,12H,10-11H2,1-5H3,(H,22,26)(H3,20,21,23,24,25). The number of aryl methyl sites for hydroxylation is 1. The monoisotopic (exact) mass is 372 g/mol. The summed E-state index contributed by atoms with van der Waals surface area (Å²) in [4.78, 5) is 20.5. The van der Waals surface area contributed by atoms with Crippen molar-refractivity contribution in [2.75, 3.05) is 36.1 Å². The van der Waals surface area contributed by atoms with Crippen LogP contribution in [-0.2, 0) is 4.74 Å². The molecule has 0 aliphatic carbocycles. The van der Waals surface area contributed by atoms with Gasteiger partial charge in [0.25, 0.3) is 0 Å². The molecule has 0 saturated carbocycles. The second-order valence-electron chi connectivity index (χ2n) is 7.06. The number of benzene rings is 1. The summed E-state index contributed by atoms with van der Waals surface area (Å²) < 4.78 is 5.19. The van der Waals surface area contributed by atoms with E-state index in [1.165, 1.54) is 5.56 Å². The van der Waals surface area contributed by atoms with E-state index in [9.17, 15) is 4.79 Å². The van der Waals surface area contributed by atoms with E-state index < -0.39 is 11.7 Å². The Morgan fingerprint density at radius 3 is 2.37 bits per heavy atom. The number of rotatable bonds is 7. The molecule has 4 N–H and O–H groups in total. The minimum Gasteiger partial charge on any atom is -0.444 e. The van der Waals surface area contributed by atoms with Crippen LogP contribution in [0.3, 0.4) is 0 Å². The molecule has 0 saturated heterocycles. The number of aromatic nitrogens is 2. The molecular weight excluding hydrogens is 344 g/mol. The zero-order valence-corrected chi connectivity index (χ0v) is 16.5. The van der Waals surface area contributed by atoms with Gasteiger partial charge in [-0.15, -0.1) is 0 Å². The molecule has 1 aromatic heterocycles. The van der Waals surface area contributed by atoms with E-state index in [4.69, 9.17) is 4.74 Å². The van der Waals surface area contributed by atoms with Crippen LogP contribution < -0.4 is 21.3 Å². The molecule has 0 radical (unpaired) electrons. The Labute approximate surface area is 160 Å². The first-order chi connectivity index (χ1) is 12.7. The van der Waals surface area contributed by atoms with Crippen molar-refractivity contribution < 1.29 is 9.53 Å². The zero-order valence-electron chi connectivity index (χ0n) is 16.5. The van der Waals surface area contributed by atoms with Crippen molar-refractivity contribution in [3.05, 3.63) is 35.9 Å². The lowest BCUT2D eigenvalue weighted by Gasteiger charge is -2.19. The summed E-state index contributed by atoms with van der Waals surface area (Å²) >= 11 is 0. The number of ether oxygens (including phenoxy) is 1. The number of amides is 1. The van der Waals surface area contributed by atoms with Crippen molar-refractivity contribution in [2.24, 2.45) is 0 Å². The van der Waals surface area contributed by atoms with Gasteiger partial charge in [0, 0.05) is 31.9 Å². The van der Waals surface area contributed by atoms with Crippen LogP contribution in [0.5, 0.6) is 0 Å². The molecule has 27 heavy (non-hydrogen) atoms. The van der Waals surface area contributed by atoms with Crippen molar-refractivity contribution in [1.29, 1.82) is 0 Å². The third-order valence-electron chi connectivity index (χ3n) is 3.38. The Kier molecular flexibility index (Phi) is 6.81. The molecule has 0 aliphatic rings. The minimum absolute atomic E-state index is 0.392. The summed E-state index contributed by atoms with van der Waals surface area (Å²) in [7, 11) is 1.80. The largest absolute Gasteiger partial charge is 0.444 e. The first kappa shape index (κ1) is 20.3. The highest BCUT2D eigenvalue weighted by Crippen LogP contribution is 2.19. The molecule has 1 heterocycles. The second kappa shape index (κ2) is 9.07. The fourth-order valence-corrected chi connectivity index (χ4v) is 2.16. The number of hydrogen-bond donors (Lipinski definition) is 4. The van der Waals surface area contributed by atoms with Gasteiger partial charge in [0.15, 0.2) is 0 Å². The fourth-order valence-electron chi connectivity index (χ4n) is 2.16. The van der Waals surface area contributed by atoms with Gasteiger partial charge in [-0.05, 0) is 39.8 Å².